The Balaban J connectivity index is 1.64. The zero-order valence-corrected chi connectivity index (χ0v) is 13.0. The van der Waals surface area contributed by atoms with Crippen molar-refractivity contribution in [3.63, 3.8) is 0 Å². The molecule has 3 heteroatoms. The minimum Gasteiger partial charge on any atom is -0.366 e. The Bertz CT molecular complexity index is 853. The van der Waals surface area contributed by atoms with Crippen LogP contribution in [0.25, 0.3) is 10.9 Å². The van der Waals surface area contributed by atoms with Crippen LogP contribution in [0.1, 0.15) is 24.0 Å². The van der Waals surface area contributed by atoms with Crippen LogP contribution in [0.2, 0.25) is 0 Å². The number of anilines is 1. The number of hydrogen-bond acceptors (Lipinski definition) is 2. The van der Waals surface area contributed by atoms with Crippen molar-refractivity contribution in [3.05, 3.63) is 65.9 Å². The Morgan fingerprint density at radius 1 is 1.13 bits per heavy atom. The van der Waals surface area contributed by atoms with Crippen LogP contribution >= 0.6 is 0 Å². The first-order valence-corrected chi connectivity index (χ1v) is 8.17. The standard InChI is InChI=1S/C20H19N3/c21-13-16-6-9-19-18(12-16)20(14-22-19)23(17-7-8-17)11-10-15-4-2-1-3-5-15/h1-6,9,12,14,17,22H,7-8,10-11H2. The minimum absolute atomic E-state index is 0.642. The lowest BCUT2D eigenvalue weighted by molar-refractivity contribution is 0.780. The number of nitriles is 1. The fourth-order valence-corrected chi connectivity index (χ4v) is 3.19. The van der Waals surface area contributed by atoms with Crippen molar-refractivity contribution in [2.45, 2.75) is 25.3 Å². The number of fused-ring (bicyclic) bond motifs is 1. The van der Waals surface area contributed by atoms with Crippen molar-refractivity contribution in [2.75, 3.05) is 11.4 Å². The average Bonchev–Trinajstić information content (AvgIpc) is 3.36. The van der Waals surface area contributed by atoms with Crippen molar-refractivity contribution in [1.29, 1.82) is 5.26 Å². The number of aromatic amines is 1. The molecule has 1 heterocycles. The van der Waals surface area contributed by atoms with Crippen LogP contribution in [-0.4, -0.2) is 17.6 Å². The van der Waals surface area contributed by atoms with Crippen molar-refractivity contribution < 1.29 is 0 Å². The third-order valence-corrected chi connectivity index (χ3v) is 4.57. The van der Waals surface area contributed by atoms with E-state index in [4.69, 9.17) is 5.26 Å². The maximum Gasteiger partial charge on any atom is 0.0991 e. The Kier molecular flexibility index (Phi) is 3.51. The second-order valence-electron chi connectivity index (χ2n) is 6.21. The molecular weight excluding hydrogens is 282 g/mol. The second kappa shape index (κ2) is 5.81. The number of H-pyrrole nitrogens is 1. The van der Waals surface area contributed by atoms with Gasteiger partial charge in [0.1, 0.15) is 0 Å². The van der Waals surface area contributed by atoms with E-state index in [1.807, 2.05) is 18.2 Å². The maximum atomic E-state index is 9.16. The van der Waals surface area contributed by atoms with Gasteiger partial charge in [-0.15, -0.1) is 0 Å². The van der Waals surface area contributed by atoms with E-state index < -0.39 is 0 Å². The molecule has 0 amide bonds. The number of rotatable bonds is 5. The summed E-state index contributed by atoms with van der Waals surface area (Å²) in [7, 11) is 0. The fraction of sp³-hybridized carbons (Fsp3) is 0.250. The maximum absolute atomic E-state index is 9.16. The zero-order valence-electron chi connectivity index (χ0n) is 13.0. The van der Waals surface area contributed by atoms with Gasteiger partial charge in [0, 0.05) is 29.7 Å². The molecule has 0 radical (unpaired) electrons. The minimum atomic E-state index is 0.642. The highest BCUT2D eigenvalue weighted by Crippen LogP contribution is 2.36. The van der Waals surface area contributed by atoms with E-state index in [2.05, 4.69) is 52.5 Å². The summed E-state index contributed by atoms with van der Waals surface area (Å²) in [5.74, 6) is 0. The first-order chi connectivity index (χ1) is 11.3. The summed E-state index contributed by atoms with van der Waals surface area (Å²) < 4.78 is 0. The molecule has 1 aliphatic carbocycles. The average molecular weight is 301 g/mol. The lowest BCUT2D eigenvalue weighted by Crippen LogP contribution is -2.27. The third-order valence-electron chi connectivity index (χ3n) is 4.57. The summed E-state index contributed by atoms with van der Waals surface area (Å²) in [6.45, 7) is 1.01. The quantitative estimate of drug-likeness (QED) is 0.765. The van der Waals surface area contributed by atoms with E-state index in [1.54, 1.807) is 0 Å². The predicted molar refractivity (Wildman–Crippen MR) is 93.5 cm³/mol. The van der Waals surface area contributed by atoms with Gasteiger partial charge in [-0.1, -0.05) is 30.3 Å². The van der Waals surface area contributed by atoms with E-state index in [9.17, 15) is 0 Å². The highest BCUT2D eigenvalue weighted by molar-refractivity contribution is 5.94. The Hall–Kier alpha value is -2.73. The summed E-state index contributed by atoms with van der Waals surface area (Å²) >= 11 is 0. The molecule has 0 spiro atoms. The van der Waals surface area contributed by atoms with Crippen molar-refractivity contribution >= 4 is 16.6 Å². The topological polar surface area (TPSA) is 42.8 Å². The number of aromatic nitrogens is 1. The van der Waals surface area contributed by atoms with Crippen molar-refractivity contribution in [3.8, 4) is 6.07 Å². The number of nitrogens with one attached hydrogen (secondary N) is 1. The lowest BCUT2D eigenvalue weighted by atomic mass is 10.1. The van der Waals surface area contributed by atoms with Gasteiger partial charge in [-0.3, -0.25) is 0 Å². The summed E-state index contributed by atoms with van der Waals surface area (Å²) in [5.41, 5.74) is 4.42. The smallest absolute Gasteiger partial charge is 0.0991 e. The molecule has 1 fully saturated rings. The molecule has 4 rings (SSSR count). The van der Waals surface area contributed by atoms with E-state index in [0.717, 1.165) is 29.4 Å². The molecule has 0 unspecified atom stereocenters. The second-order valence-corrected chi connectivity index (χ2v) is 6.21. The monoisotopic (exact) mass is 301 g/mol. The molecule has 1 aromatic heterocycles. The van der Waals surface area contributed by atoms with Crippen LogP contribution in [0.15, 0.2) is 54.7 Å². The third kappa shape index (κ3) is 2.80. The van der Waals surface area contributed by atoms with E-state index in [0.29, 0.717) is 6.04 Å². The summed E-state index contributed by atoms with van der Waals surface area (Å²) in [4.78, 5) is 5.86. The summed E-state index contributed by atoms with van der Waals surface area (Å²) in [5, 5.41) is 10.3. The zero-order chi connectivity index (χ0) is 15.6. The van der Waals surface area contributed by atoms with Gasteiger partial charge >= 0.3 is 0 Å². The molecule has 1 aliphatic rings. The van der Waals surface area contributed by atoms with E-state index in [-0.39, 0.29) is 0 Å². The SMILES string of the molecule is N#Cc1ccc2[nH]cc(N(CCc3ccccc3)C3CC3)c2c1. The molecule has 114 valence electrons. The van der Waals surface area contributed by atoms with Gasteiger partial charge in [0.25, 0.3) is 0 Å². The van der Waals surface area contributed by atoms with Crippen LogP contribution in [0.4, 0.5) is 5.69 Å². The van der Waals surface area contributed by atoms with Crippen LogP contribution in [0.5, 0.6) is 0 Å². The number of benzene rings is 2. The van der Waals surface area contributed by atoms with Gasteiger partial charge in [0.15, 0.2) is 0 Å². The highest BCUT2D eigenvalue weighted by atomic mass is 15.2. The van der Waals surface area contributed by atoms with Crippen LogP contribution in [-0.2, 0) is 6.42 Å². The molecule has 1 saturated carbocycles. The van der Waals surface area contributed by atoms with Crippen LogP contribution in [0.3, 0.4) is 0 Å². The Labute approximate surface area is 136 Å². The molecule has 0 bridgehead atoms. The van der Waals surface area contributed by atoms with Gasteiger partial charge in [-0.05, 0) is 43.0 Å². The molecule has 0 aliphatic heterocycles. The van der Waals surface area contributed by atoms with Crippen LogP contribution < -0.4 is 4.90 Å². The van der Waals surface area contributed by atoms with Crippen molar-refractivity contribution in [1.82, 2.24) is 4.98 Å². The Morgan fingerprint density at radius 2 is 1.96 bits per heavy atom. The molecule has 1 N–H and O–H groups in total. The molecule has 3 aromatic rings. The molecular formula is C20H19N3. The highest BCUT2D eigenvalue weighted by Gasteiger charge is 2.30. The number of nitrogens with zero attached hydrogens (tertiary/aromatic N) is 2. The summed E-state index contributed by atoms with van der Waals surface area (Å²) in [6, 6.07) is 19.4. The van der Waals surface area contributed by atoms with E-state index >= 15 is 0 Å². The van der Waals surface area contributed by atoms with Gasteiger partial charge in [0.2, 0.25) is 0 Å². The summed E-state index contributed by atoms with van der Waals surface area (Å²) in [6.07, 6.45) is 5.66. The van der Waals surface area contributed by atoms with Gasteiger partial charge in [-0.25, -0.2) is 0 Å². The fourth-order valence-electron chi connectivity index (χ4n) is 3.19. The van der Waals surface area contributed by atoms with Gasteiger partial charge in [0.05, 0.1) is 17.3 Å². The lowest BCUT2D eigenvalue weighted by Gasteiger charge is -2.24. The molecule has 0 saturated heterocycles. The van der Waals surface area contributed by atoms with E-state index in [1.165, 1.54) is 24.1 Å². The van der Waals surface area contributed by atoms with Crippen molar-refractivity contribution in [2.24, 2.45) is 0 Å². The van der Waals surface area contributed by atoms with Gasteiger partial charge < -0.3 is 9.88 Å². The molecule has 2 aromatic carbocycles. The number of hydrogen-bond donors (Lipinski definition) is 1. The predicted octanol–water partition coefficient (Wildman–Crippen LogP) is 4.25. The van der Waals surface area contributed by atoms with Crippen LogP contribution in [0, 0.1) is 11.3 Å². The first kappa shape index (κ1) is 13.9. The molecule has 23 heavy (non-hydrogen) atoms. The molecule has 0 atom stereocenters. The normalized spacial score (nSPS) is 13.9. The van der Waals surface area contributed by atoms with Gasteiger partial charge in [-0.2, -0.15) is 5.26 Å². The first-order valence-electron chi connectivity index (χ1n) is 8.17. The largest absolute Gasteiger partial charge is 0.366 e. The molecule has 3 nitrogen and oxygen atoms in total. The Morgan fingerprint density at radius 3 is 2.70 bits per heavy atom.